The van der Waals surface area contributed by atoms with Crippen LogP contribution in [0.25, 0.3) is 0 Å². The molecule has 15 heavy (non-hydrogen) atoms. The van der Waals surface area contributed by atoms with Gasteiger partial charge in [-0.3, -0.25) is 0 Å². The van der Waals surface area contributed by atoms with Crippen molar-refractivity contribution in [2.45, 2.75) is 35.8 Å². The molecule has 0 aromatic heterocycles. The zero-order valence-corrected chi connectivity index (χ0v) is 9.39. The standard InChI is InChI=1S/C12H14N2S/c13-8-9-7-11(5-6-12(9)14)15-10-3-1-2-4-10/h5-7,10H,1-4,14H2. The topological polar surface area (TPSA) is 49.8 Å². The van der Waals surface area contributed by atoms with Gasteiger partial charge in [-0.25, -0.2) is 0 Å². The zero-order valence-electron chi connectivity index (χ0n) is 8.57. The van der Waals surface area contributed by atoms with E-state index in [1.54, 1.807) is 0 Å². The van der Waals surface area contributed by atoms with Crippen molar-refractivity contribution in [3.8, 4) is 6.07 Å². The minimum absolute atomic E-state index is 0.577. The summed E-state index contributed by atoms with van der Waals surface area (Å²) in [5.74, 6) is 0. The van der Waals surface area contributed by atoms with E-state index in [1.807, 2.05) is 30.0 Å². The summed E-state index contributed by atoms with van der Waals surface area (Å²) in [5.41, 5.74) is 6.85. The smallest absolute Gasteiger partial charge is 0.101 e. The molecule has 0 radical (unpaired) electrons. The maximum atomic E-state index is 8.86. The minimum atomic E-state index is 0.577. The van der Waals surface area contributed by atoms with Gasteiger partial charge in [0.25, 0.3) is 0 Å². The third-order valence-corrected chi connectivity index (χ3v) is 4.08. The second kappa shape index (κ2) is 4.59. The Morgan fingerprint density at radius 3 is 2.73 bits per heavy atom. The molecule has 1 saturated carbocycles. The number of nitrogens with two attached hydrogens (primary N) is 1. The summed E-state index contributed by atoms with van der Waals surface area (Å²) in [6.45, 7) is 0. The lowest BCUT2D eigenvalue weighted by molar-refractivity contribution is 0.886. The van der Waals surface area contributed by atoms with Crippen LogP contribution in [-0.4, -0.2) is 5.25 Å². The lowest BCUT2D eigenvalue weighted by Gasteiger charge is -2.09. The maximum absolute atomic E-state index is 8.86. The Morgan fingerprint density at radius 2 is 2.07 bits per heavy atom. The molecule has 3 heteroatoms. The summed E-state index contributed by atoms with van der Waals surface area (Å²) in [4.78, 5) is 1.17. The second-order valence-electron chi connectivity index (χ2n) is 3.89. The number of thioether (sulfide) groups is 1. The van der Waals surface area contributed by atoms with Gasteiger partial charge in [-0.15, -0.1) is 11.8 Å². The molecule has 1 aliphatic rings. The average molecular weight is 218 g/mol. The number of nitriles is 1. The zero-order chi connectivity index (χ0) is 10.7. The first kappa shape index (κ1) is 10.4. The molecule has 0 heterocycles. The fourth-order valence-electron chi connectivity index (χ4n) is 1.90. The van der Waals surface area contributed by atoms with E-state index < -0.39 is 0 Å². The van der Waals surface area contributed by atoms with Gasteiger partial charge in [0, 0.05) is 15.8 Å². The highest BCUT2D eigenvalue weighted by atomic mass is 32.2. The Balaban J connectivity index is 2.11. The van der Waals surface area contributed by atoms with Crippen LogP contribution in [0.1, 0.15) is 31.2 Å². The molecule has 2 N–H and O–H groups in total. The maximum Gasteiger partial charge on any atom is 0.101 e. The van der Waals surface area contributed by atoms with Gasteiger partial charge in [-0.1, -0.05) is 12.8 Å². The van der Waals surface area contributed by atoms with Gasteiger partial charge in [0.1, 0.15) is 6.07 Å². The number of hydrogen-bond acceptors (Lipinski definition) is 3. The van der Waals surface area contributed by atoms with Crippen molar-refractivity contribution < 1.29 is 0 Å². The summed E-state index contributed by atoms with van der Waals surface area (Å²) in [7, 11) is 0. The van der Waals surface area contributed by atoms with E-state index in [0.717, 1.165) is 5.25 Å². The van der Waals surface area contributed by atoms with Crippen LogP contribution in [0.2, 0.25) is 0 Å². The minimum Gasteiger partial charge on any atom is -0.398 e. The third kappa shape index (κ3) is 2.45. The van der Waals surface area contributed by atoms with Crippen LogP contribution < -0.4 is 5.73 Å². The Labute approximate surface area is 94.5 Å². The van der Waals surface area contributed by atoms with Crippen LogP contribution in [-0.2, 0) is 0 Å². The van der Waals surface area contributed by atoms with Crippen LogP contribution >= 0.6 is 11.8 Å². The Bertz CT molecular complexity index is 389. The highest BCUT2D eigenvalue weighted by Gasteiger charge is 2.16. The van der Waals surface area contributed by atoms with E-state index in [1.165, 1.54) is 30.6 Å². The van der Waals surface area contributed by atoms with Gasteiger partial charge in [-0.2, -0.15) is 5.26 Å². The van der Waals surface area contributed by atoms with Gasteiger partial charge < -0.3 is 5.73 Å². The molecule has 0 saturated heterocycles. The van der Waals surface area contributed by atoms with E-state index in [2.05, 4.69) is 6.07 Å². The lowest BCUT2D eigenvalue weighted by atomic mass is 10.2. The number of nitrogens with zero attached hydrogens (tertiary/aromatic N) is 1. The highest BCUT2D eigenvalue weighted by Crippen LogP contribution is 2.35. The van der Waals surface area contributed by atoms with E-state index >= 15 is 0 Å². The Morgan fingerprint density at radius 1 is 1.33 bits per heavy atom. The first-order valence-corrected chi connectivity index (χ1v) is 6.14. The van der Waals surface area contributed by atoms with Crippen LogP contribution in [0.5, 0.6) is 0 Å². The normalized spacial score (nSPS) is 16.5. The fraction of sp³-hybridized carbons (Fsp3) is 0.417. The Kier molecular flexibility index (Phi) is 3.17. The summed E-state index contributed by atoms with van der Waals surface area (Å²) in [6.07, 6.45) is 5.29. The molecule has 1 aliphatic carbocycles. The van der Waals surface area contributed by atoms with Gasteiger partial charge in [-0.05, 0) is 31.0 Å². The average Bonchev–Trinajstić information content (AvgIpc) is 2.73. The second-order valence-corrected chi connectivity index (χ2v) is 5.26. The highest BCUT2D eigenvalue weighted by molar-refractivity contribution is 8.00. The van der Waals surface area contributed by atoms with Crippen molar-refractivity contribution in [2.24, 2.45) is 0 Å². The molecule has 2 nitrogen and oxygen atoms in total. The number of anilines is 1. The van der Waals surface area contributed by atoms with E-state index in [0.29, 0.717) is 11.3 Å². The fourth-order valence-corrected chi connectivity index (χ4v) is 3.19. The van der Waals surface area contributed by atoms with Crippen molar-refractivity contribution in [2.75, 3.05) is 5.73 Å². The molecule has 1 aromatic carbocycles. The molecule has 0 atom stereocenters. The molecule has 1 fully saturated rings. The third-order valence-electron chi connectivity index (χ3n) is 2.75. The summed E-state index contributed by atoms with van der Waals surface area (Å²) in [6, 6.07) is 7.87. The molecule has 0 spiro atoms. The van der Waals surface area contributed by atoms with Crippen molar-refractivity contribution in [3.63, 3.8) is 0 Å². The van der Waals surface area contributed by atoms with Crippen LogP contribution in [0, 0.1) is 11.3 Å². The molecule has 0 amide bonds. The summed E-state index contributed by atoms with van der Waals surface area (Å²) < 4.78 is 0. The van der Waals surface area contributed by atoms with E-state index in [-0.39, 0.29) is 0 Å². The van der Waals surface area contributed by atoms with E-state index in [4.69, 9.17) is 11.0 Å². The van der Waals surface area contributed by atoms with Crippen molar-refractivity contribution in [1.82, 2.24) is 0 Å². The van der Waals surface area contributed by atoms with Gasteiger partial charge in [0.15, 0.2) is 0 Å². The van der Waals surface area contributed by atoms with Crippen molar-refractivity contribution in [3.05, 3.63) is 23.8 Å². The van der Waals surface area contributed by atoms with Crippen LogP contribution in [0.15, 0.2) is 23.1 Å². The predicted molar refractivity (Wildman–Crippen MR) is 63.7 cm³/mol. The van der Waals surface area contributed by atoms with E-state index in [9.17, 15) is 0 Å². The molecule has 0 bridgehead atoms. The molecule has 0 unspecified atom stereocenters. The number of nitrogen functional groups attached to an aromatic ring is 1. The quantitative estimate of drug-likeness (QED) is 0.776. The summed E-state index contributed by atoms with van der Waals surface area (Å²) in [5, 5.41) is 9.60. The van der Waals surface area contributed by atoms with Crippen molar-refractivity contribution in [1.29, 1.82) is 5.26 Å². The van der Waals surface area contributed by atoms with Gasteiger partial charge in [0.2, 0.25) is 0 Å². The van der Waals surface area contributed by atoms with Crippen LogP contribution in [0.3, 0.4) is 0 Å². The first-order chi connectivity index (χ1) is 7.29. The largest absolute Gasteiger partial charge is 0.398 e. The molecule has 0 aliphatic heterocycles. The number of rotatable bonds is 2. The molecule has 1 aromatic rings. The molecule has 2 rings (SSSR count). The van der Waals surface area contributed by atoms with Crippen LogP contribution in [0.4, 0.5) is 5.69 Å². The monoisotopic (exact) mass is 218 g/mol. The Hall–Kier alpha value is -1.14. The van der Waals surface area contributed by atoms with Gasteiger partial charge >= 0.3 is 0 Å². The molecule has 78 valence electrons. The number of hydrogen-bond donors (Lipinski definition) is 1. The molecular formula is C12H14N2S. The summed E-state index contributed by atoms with van der Waals surface area (Å²) >= 11 is 1.88. The number of benzene rings is 1. The molecular weight excluding hydrogens is 204 g/mol. The SMILES string of the molecule is N#Cc1cc(SC2CCCC2)ccc1N. The lowest BCUT2D eigenvalue weighted by Crippen LogP contribution is -1.95. The first-order valence-electron chi connectivity index (χ1n) is 5.26. The van der Waals surface area contributed by atoms with Crippen molar-refractivity contribution >= 4 is 17.4 Å². The predicted octanol–water partition coefficient (Wildman–Crippen LogP) is 3.18. The van der Waals surface area contributed by atoms with Gasteiger partial charge in [0.05, 0.1) is 5.56 Å².